The number of nitrogens with zero attached hydrogens (tertiary/aromatic N) is 3. The normalized spacial score (nSPS) is 20.8. The van der Waals surface area contributed by atoms with Gasteiger partial charge in [-0.2, -0.15) is 0 Å². The van der Waals surface area contributed by atoms with E-state index in [2.05, 4.69) is 9.97 Å². The number of ether oxygens (including phenoxy) is 2. The predicted molar refractivity (Wildman–Crippen MR) is 115 cm³/mol. The lowest BCUT2D eigenvalue weighted by atomic mass is 9.91. The molecule has 1 aliphatic carbocycles. The Morgan fingerprint density at radius 3 is 2.29 bits per heavy atom. The Morgan fingerprint density at radius 1 is 0.968 bits per heavy atom. The zero-order valence-electron chi connectivity index (χ0n) is 16.9. The van der Waals surface area contributed by atoms with Crippen LogP contribution >= 0.6 is 11.6 Å². The molecule has 2 aliphatic rings. The second-order valence-electron chi connectivity index (χ2n) is 7.76. The van der Waals surface area contributed by atoms with Crippen molar-refractivity contribution in [2.75, 3.05) is 7.11 Å². The summed E-state index contributed by atoms with van der Waals surface area (Å²) in [5.74, 6) is 0.757. The van der Waals surface area contributed by atoms with Crippen molar-refractivity contribution in [3.63, 3.8) is 0 Å². The number of imide groups is 1. The summed E-state index contributed by atoms with van der Waals surface area (Å²) in [6, 6.07) is 10.5. The van der Waals surface area contributed by atoms with E-state index in [1.807, 2.05) is 0 Å². The van der Waals surface area contributed by atoms with Gasteiger partial charge in [0.15, 0.2) is 11.5 Å². The SMILES string of the molecule is COc1cc2ncnc(Cl)c2cc1O[C@H]1CC[C@H](N2C(=O)c3ccccc3C2=O)CC1. The lowest BCUT2D eigenvalue weighted by Gasteiger charge is -2.33. The maximum Gasteiger partial charge on any atom is 0.261 e. The van der Waals surface area contributed by atoms with E-state index in [1.54, 1.807) is 43.5 Å². The second kappa shape index (κ2) is 7.81. The highest BCUT2D eigenvalue weighted by Gasteiger charge is 2.41. The van der Waals surface area contributed by atoms with E-state index in [9.17, 15) is 9.59 Å². The van der Waals surface area contributed by atoms with E-state index < -0.39 is 0 Å². The first-order chi connectivity index (χ1) is 15.1. The summed E-state index contributed by atoms with van der Waals surface area (Å²) in [6.45, 7) is 0. The van der Waals surface area contributed by atoms with Gasteiger partial charge in [0.25, 0.3) is 11.8 Å². The van der Waals surface area contributed by atoms with Crippen molar-refractivity contribution in [3.05, 3.63) is 59.0 Å². The first-order valence-corrected chi connectivity index (χ1v) is 10.6. The largest absolute Gasteiger partial charge is 0.493 e. The smallest absolute Gasteiger partial charge is 0.261 e. The molecule has 1 aliphatic heterocycles. The van der Waals surface area contributed by atoms with Gasteiger partial charge in [0.1, 0.15) is 11.5 Å². The Hall–Kier alpha value is -3.19. The van der Waals surface area contributed by atoms with Crippen molar-refractivity contribution < 1.29 is 19.1 Å². The maximum absolute atomic E-state index is 12.8. The molecule has 1 saturated carbocycles. The number of carbonyl (C=O) groups excluding carboxylic acids is 2. The fraction of sp³-hybridized carbons (Fsp3) is 0.304. The number of carbonyl (C=O) groups is 2. The molecule has 2 heterocycles. The van der Waals surface area contributed by atoms with Crippen LogP contribution in [0, 0.1) is 0 Å². The van der Waals surface area contributed by atoms with Crippen LogP contribution in [0.1, 0.15) is 46.4 Å². The molecule has 0 spiro atoms. The molecule has 0 unspecified atom stereocenters. The Bertz CT molecular complexity index is 1160. The van der Waals surface area contributed by atoms with Gasteiger partial charge < -0.3 is 9.47 Å². The van der Waals surface area contributed by atoms with Crippen LogP contribution in [0.4, 0.5) is 0 Å². The minimum Gasteiger partial charge on any atom is -0.493 e. The zero-order chi connectivity index (χ0) is 21.5. The zero-order valence-corrected chi connectivity index (χ0v) is 17.6. The quantitative estimate of drug-likeness (QED) is 0.447. The number of benzene rings is 2. The lowest BCUT2D eigenvalue weighted by Crippen LogP contribution is -2.43. The number of methoxy groups -OCH3 is 1. The molecule has 0 radical (unpaired) electrons. The van der Waals surface area contributed by atoms with Crippen LogP contribution in [-0.2, 0) is 0 Å². The number of fused-ring (bicyclic) bond motifs is 2. The summed E-state index contributed by atoms with van der Waals surface area (Å²) in [5.41, 5.74) is 1.66. The summed E-state index contributed by atoms with van der Waals surface area (Å²) in [7, 11) is 1.58. The first kappa shape index (κ1) is 19.8. The van der Waals surface area contributed by atoms with E-state index in [1.165, 1.54) is 11.2 Å². The molecule has 0 saturated heterocycles. The fourth-order valence-corrected chi connectivity index (χ4v) is 4.62. The van der Waals surface area contributed by atoms with Crippen molar-refractivity contribution in [2.45, 2.75) is 37.8 Å². The van der Waals surface area contributed by atoms with Crippen molar-refractivity contribution in [1.82, 2.24) is 14.9 Å². The van der Waals surface area contributed by atoms with Gasteiger partial charge >= 0.3 is 0 Å². The van der Waals surface area contributed by atoms with Gasteiger partial charge in [-0.1, -0.05) is 23.7 Å². The number of amides is 2. The molecule has 2 amide bonds. The highest BCUT2D eigenvalue weighted by molar-refractivity contribution is 6.34. The van der Waals surface area contributed by atoms with Gasteiger partial charge in [-0.25, -0.2) is 9.97 Å². The predicted octanol–water partition coefficient (Wildman–Crippen LogP) is 4.28. The number of halogens is 1. The van der Waals surface area contributed by atoms with Gasteiger partial charge in [-0.05, 0) is 43.9 Å². The standard InChI is InChI=1S/C23H20ClN3O4/c1-30-19-11-18-17(21(24)26-12-25-18)10-20(19)31-14-8-6-13(7-9-14)27-22(28)15-4-2-3-5-16(15)23(27)29/h2-5,10-14H,6-9H2,1H3/t13-,14-. The lowest BCUT2D eigenvalue weighted by molar-refractivity contribution is 0.0476. The molecule has 0 N–H and O–H groups in total. The van der Waals surface area contributed by atoms with Crippen LogP contribution in [0.2, 0.25) is 5.15 Å². The highest BCUT2D eigenvalue weighted by Crippen LogP contribution is 2.37. The van der Waals surface area contributed by atoms with Gasteiger partial charge in [0.2, 0.25) is 0 Å². The highest BCUT2D eigenvalue weighted by atomic mass is 35.5. The maximum atomic E-state index is 12.8. The van der Waals surface area contributed by atoms with Crippen LogP contribution in [-0.4, -0.2) is 45.9 Å². The third-order valence-corrected chi connectivity index (χ3v) is 6.30. The van der Waals surface area contributed by atoms with E-state index in [0.29, 0.717) is 51.5 Å². The molecule has 1 fully saturated rings. The average Bonchev–Trinajstić information content (AvgIpc) is 3.05. The Balaban J connectivity index is 1.30. The molecular formula is C23H20ClN3O4. The molecule has 7 nitrogen and oxygen atoms in total. The molecule has 158 valence electrons. The number of aromatic nitrogens is 2. The Kier molecular flexibility index (Phi) is 4.98. The molecule has 0 bridgehead atoms. The summed E-state index contributed by atoms with van der Waals surface area (Å²) in [5, 5.41) is 1.05. The van der Waals surface area contributed by atoms with E-state index in [4.69, 9.17) is 21.1 Å². The summed E-state index contributed by atoms with van der Waals surface area (Å²) in [4.78, 5) is 35.2. The van der Waals surface area contributed by atoms with Crippen LogP contribution in [0.15, 0.2) is 42.7 Å². The number of rotatable bonds is 4. The van der Waals surface area contributed by atoms with Crippen LogP contribution < -0.4 is 9.47 Å². The van der Waals surface area contributed by atoms with Crippen LogP contribution in [0.5, 0.6) is 11.5 Å². The van der Waals surface area contributed by atoms with Gasteiger partial charge in [0.05, 0.1) is 29.9 Å². The molecule has 0 atom stereocenters. The topological polar surface area (TPSA) is 81.6 Å². The molecule has 1 aromatic heterocycles. The molecule has 5 rings (SSSR count). The molecule has 2 aromatic carbocycles. The van der Waals surface area contributed by atoms with Crippen molar-refractivity contribution in [1.29, 1.82) is 0 Å². The monoisotopic (exact) mass is 437 g/mol. The third-order valence-electron chi connectivity index (χ3n) is 6.00. The summed E-state index contributed by atoms with van der Waals surface area (Å²) < 4.78 is 11.7. The first-order valence-electron chi connectivity index (χ1n) is 10.2. The summed E-state index contributed by atoms with van der Waals surface area (Å²) in [6.07, 6.45) is 4.18. The van der Waals surface area contributed by atoms with E-state index >= 15 is 0 Å². The molecule has 3 aromatic rings. The Morgan fingerprint density at radius 2 is 1.65 bits per heavy atom. The minimum absolute atomic E-state index is 0.0545. The van der Waals surface area contributed by atoms with Crippen molar-refractivity contribution in [2.24, 2.45) is 0 Å². The van der Waals surface area contributed by atoms with Crippen molar-refractivity contribution in [3.8, 4) is 11.5 Å². The third kappa shape index (κ3) is 3.39. The van der Waals surface area contributed by atoms with Gasteiger partial charge in [0, 0.05) is 17.5 Å². The van der Waals surface area contributed by atoms with E-state index in [0.717, 1.165) is 12.8 Å². The van der Waals surface area contributed by atoms with Gasteiger partial charge in [-0.15, -0.1) is 0 Å². The van der Waals surface area contributed by atoms with Crippen molar-refractivity contribution >= 4 is 34.3 Å². The fourth-order valence-electron chi connectivity index (χ4n) is 4.42. The minimum atomic E-state index is -0.198. The second-order valence-corrected chi connectivity index (χ2v) is 8.12. The van der Waals surface area contributed by atoms with E-state index in [-0.39, 0.29) is 24.0 Å². The molecule has 31 heavy (non-hydrogen) atoms. The number of hydrogen-bond donors (Lipinski definition) is 0. The molecular weight excluding hydrogens is 418 g/mol. The molecule has 8 heteroatoms. The number of hydrogen-bond acceptors (Lipinski definition) is 6. The van der Waals surface area contributed by atoms with Crippen LogP contribution in [0.3, 0.4) is 0 Å². The average molecular weight is 438 g/mol. The van der Waals surface area contributed by atoms with Gasteiger partial charge in [-0.3, -0.25) is 14.5 Å². The summed E-state index contributed by atoms with van der Waals surface area (Å²) >= 11 is 6.21. The van der Waals surface area contributed by atoms with Crippen LogP contribution in [0.25, 0.3) is 10.9 Å². The Labute approximate surface area is 183 Å².